The quantitative estimate of drug-likeness (QED) is 0.905. The fourth-order valence-corrected chi connectivity index (χ4v) is 2.83. The van der Waals surface area contributed by atoms with Gasteiger partial charge >= 0.3 is 6.03 Å². The lowest BCUT2D eigenvalue weighted by atomic mass is 10.1. The Labute approximate surface area is 141 Å². The largest absolute Gasteiger partial charge is 0.334 e. The number of anilines is 2. The highest BCUT2D eigenvalue weighted by Crippen LogP contribution is 2.24. The average Bonchev–Trinajstić information content (AvgIpc) is 3.00. The third kappa shape index (κ3) is 3.74. The summed E-state index contributed by atoms with van der Waals surface area (Å²) in [5.41, 5.74) is 3.74. The van der Waals surface area contributed by atoms with Gasteiger partial charge in [0.1, 0.15) is 0 Å². The normalized spacial score (nSPS) is 13.9. The summed E-state index contributed by atoms with van der Waals surface area (Å²) in [6.45, 7) is 3.23. The van der Waals surface area contributed by atoms with Crippen LogP contribution in [0.2, 0.25) is 0 Å². The van der Waals surface area contributed by atoms with Crippen LogP contribution in [0.25, 0.3) is 0 Å². The summed E-state index contributed by atoms with van der Waals surface area (Å²) in [5, 5.41) is 5.68. The minimum atomic E-state index is -0.261. The van der Waals surface area contributed by atoms with Crippen molar-refractivity contribution in [1.29, 1.82) is 0 Å². The maximum absolute atomic E-state index is 12.1. The van der Waals surface area contributed by atoms with E-state index in [9.17, 15) is 9.59 Å². The molecule has 2 aromatic rings. The summed E-state index contributed by atoms with van der Waals surface area (Å²) in [4.78, 5) is 25.7. The molecule has 0 aliphatic carbocycles. The van der Waals surface area contributed by atoms with E-state index in [1.165, 1.54) is 0 Å². The SMILES string of the molecule is Cc1ccccc1CNC(=O)Nc1cccc(N2CCCC2=O)c1. The van der Waals surface area contributed by atoms with Gasteiger partial charge < -0.3 is 15.5 Å². The molecule has 1 aliphatic rings. The van der Waals surface area contributed by atoms with E-state index in [-0.39, 0.29) is 11.9 Å². The monoisotopic (exact) mass is 323 g/mol. The number of amides is 3. The second-order valence-corrected chi connectivity index (χ2v) is 5.93. The van der Waals surface area contributed by atoms with Crippen LogP contribution in [-0.2, 0) is 11.3 Å². The molecular weight excluding hydrogens is 302 g/mol. The highest BCUT2D eigenvalue weighted by Gasteiger charge is 2.21. The Hall–Kier alpha value is -2.82. The summed E-state index contributed by atoms with van der Waals surface area (Å²) in [6, 6.07) is 15.1. The Morgan fingerprint density at radius 1 is 1.17 bits per heavy atom. The van der Waals surface area contributed by atoms with Gasteiger partial charge in [0.2, 0.25) is 5.91 Å². The highest BCUT2D eigenvalue weighted by molar-refractivity contribution is 5.96. The van der Waals surface area contributed by atoms with Crippen LogP contribution in [0.3, 0.4) is 0 Å². The van der Waals surface area contributed by atoms with Crippen LogP contribution in [0, 0.1) is 6.92 Å². The van der Waals surface area contributed by atoms with E-state index in [0.29, 0.717) is 18.7 Å². The number of hydrogen-bond donors (Lipinski definition) is 2. The van der Waals surface area contributed by atoms with Crippen molar-refractivity contribution in [1.82, 2.24) is 5.32 Å². The number of hydrogen-bond acceptors (Lipinski definition) is 2. The van der Waals surface area contributed by atoms with E-state index < -0.39 is 0 Å². The first-order valence-electron chi connectivity index (χ1n) is 8.13. The van der Waals surface area contributed by atoms with Crippen molar-refractivity contribution >= 4 is 23.3 Å². The number of nitrogens with one attached hydrogen (secondary N) is 2. The topological polar surface area (TPSA) is 61.4 Å². The van der Waals surface area contributed by atoms with Crippen LogP contribution in [0.4, 0.5) is 16.2 Å². The molecule has 5 nitrogen and oxygen atoms in total. The second kappa shape index (κ2) is 7.17. The van der Waals surface area contributed by atoms with Crippen molar-refractivity contribution in [2.45, 2.75) is 26.3 Å². The maximum Gasteiger partial charge on any atom is 0.319 e. The molecule has 1 fully saturated rings. The first kappa shape index (κ1) is 16.1. The minimum Gasteiger partial charge on any atom is -0.334 e. The smallest absolute Gasteiger partial charge is 0.319 e. The number of aryl methyl sites for hydroxylation is 1. The zero-order chi connectivity index (χ0) is 16.9. The lowest BCUT2D eigenvalue weighted by molar-refractivity contribution is -0.117. The van der Waals surface area contributed by atoms with Gasteiger partial charge in [-0.2, -0.15) is 0 Å². The number of carbonyl (C=O) groups excluding carboxylic acids is 2. The molecule has 5 heteroatoms. The van der Waals surface area contributed by atoms with Gasteiger partial charge in [0.25, 0.3) is 0 Å². The van der Waals surface area contributed by atoms with Crippen molar-refractivity contribution < 1.29 is 9.59 Å². The molecular formula is C19H21N3O2. The van der Waals surface area contributed by atoms with Crippen LogP contribution >= 0.6 is 0 Å². The molecule has 0 unspecified atom stereocenters. The molecule has 1 aliphatic heterocycles. The number of nitrogens with zero attached hydrogens (tertiary/aromatic N) is 1. The molecule has 1 heterocycles. The molecule has 0 aromatic heterocycles. The van der Waals surface area contributed by atoms with Gasteiger partial charge in [-0.3, -0.25) is 4.79 Å². The van der Waals surface area contributed by atoms with Crippen molar-refractivity contribution in [3.05, 3.63) is 59.7 Å². The first-order valence-corrected chi connectivity index (χ1v) is 8.13. The predicted molar refractivity (Wildman–Crippen MR) is 95.1 cm³/mol. The summed E-state index contributed by atoms with van der Waals surface area (Å²) in [5.74, 6) is 0.135. The minimum absolute atomic E-state index is 0.135. The fraction of sp³-hybridized carbons (Fsp3) is 0.263. The van der Waals surface area contributed by atoms with E-state index in [1.54, 1.807) is 4.90 Å². The van der Waals surface area contributed by atoms with Crippen molar-refractivity contribution in [3.8, 4) is 0 Å². The van der Waals surface area contributed by atoms with Gasteiger partial charge in [0.05, 0.1) is 0 Å². The maximum atomic E-state index is 12.1. The van der Waals surface area contributed by atoms with Crippen molar-refractivity contribution in [3.63, 3.8) is 0 Å². The Balaban J connectivity index is 1.60. The van der Waals surface area contributed by atoms with E-state index in [0.717, 1.165) is 29.8 Å². The zero-order valence-electron chi connectivity index (χ0n) is 13.7. The molecule has 2 aromatic carbocycles. The van der Waals surface area contributed by atoms with E-state index in [1.807, 2.05) is 55.5 Å². The van der Waals surface area contributed by atoms with Gasteiger partial charge in [-0.15, -0.1) is 0 Å². The summed E-state index contributed by atoms with van der Waals surface area (Å²) >= 11 is 0. The standard InChI is InChI=1S/C19H21N3O2/c1-14-6-2-3-7-15(14)13-20-19(24)21-16-8-4-9-17(12-16)22-11-5-10-18(22)23/h2-4,6-9,12H,5,10-11,13H2,1H3,(H2,20,21,24). The van der Waals surface area contributed by atoms with E-state index >= 15 is 0 Å². The number of rotatable bonds is 4. The van der Waals surface area contributed by atoms with Crippen LogP contribution in [0.15, 0.2) is 48.5 Å². The van der Waals surface area contributed by atoms with Crippen LogP contribution in [-0.4, -0.2) is 18.5 Å². The van der Waals surface area contributed by atoms with Crippen LogP contribution in [0.1, 0.15) is 24.0 Å². The lowest BCUT2D eigenvalue weighted by Gasteiger charge is -2.17. The average molecular weight is 323 g/mol. The third-order valence-electron chi connectivity index (χ3n) is 4.19. The Kier molecular flexibility index (Phi) is 4.79. The number of benzene rings is 2. The molecule has 1 saturated heterocycles. The summed E-state index contributed by atoms with van der Waals surface area (Å²) < 4.78 is 0. The van der Waals surface area contributed by atoms with E-state index in [4.69, 9.17) is 0 Å². The van der Waals surface area contributed by atoms with Crippen LogP contribution in [0.5, 0.6) is 0 Å². The molecule has 0 bridgehead atoms. The second-order valence-electron chi connectivity index (χ2n) is 5.93. The molecule has 0 atom stereocenters. The zero-order valence-corrected chi connectivity index (χ0v) is 13.7. The van der Waals surface area contributed by atoms with Gasteiger partial charge in [-0.25, -0.2) is 4.79 Å². The summed E-state index contributed by atoms with van der Waals surface area (Å²) in [6.07, 6.45) is 1.47. The first-order chi connectivity index (χ1) is 11.6. The molecule has 3 amide bonds. The fourth-order valence-electron chi connectivity index (χ4n) is 2.83. The van der Waals surface area contributed by atoms with Gasteiger partial charge in [0, 0.05) is 30.9 Å². The molecule has 0 spiro atoms. The Bertz CT molecular complexity index is 758. The Morgan fingerprint density at radius 2 is 2.00 bits per heavy atom. The lowest BCUT2D eigenvalue weighted by Crippen LogP contribution is -2.28. The predicted octanol–water partition coefficient (Wildman–Crippen LogP) is 3.44. The molecule has 24 heavy (non-hydrogen) atoms. The van der Waals surface area contributed by atoms with Crippen molar-refractivity contribution in [2.75, 3.05) is 16.8 Å². The third-order valence-corrected chi connectivity index (χ3v) is 4.19. The van der Waals surface area contributed by atoms with Crippen molar-refractivity contribution in [2.24, 2.45) is 0 Å². The van der Waals surface area contributed by atoms with Gasteiger partial charge in [-0.1, -0.05) is 30.3 Å². The van der Waals surface area contributed by atoms with Crippen LogP contribution < -0.4 is 15.5 Å². The molecule has 3 rings (SSSR count). The Morgan fingerprint density at radius 3 is 2.75 bits per heavy atom. The molecule has 2 N–H and O–H groups in total. The van der Waals surface area contributed by atoms with Gasteiger partial charge in [0.15, 0.2) is 0 Å². The number of carbonyl (C=O) groups is 2. The molecule has 0 radical (unpaired) electrons. The molecule has 124 valence electrons. The molecule has 0 saturated carbocycles. The van der Waals surface area contributed by atoms with Gasteiger partial charge in [-0.05, 0) is 42.7 Å². The summed E-state index contributed by atoms with van der Waals surface area (Å²) in [7, 11) is 0. The number of urea groups is 1. The van der Waals surface area contributed by atoms with E-state index in [2.05, 4.69) is 10.6 Å². The highest BCUT2D eigenvalue weighted by atomic mass is 16.2.